The zero-order valence-corrected chi connectivity index (χ0v) is 16.2. The molecule has 2 aromatic rings. The van der Waals surface area contributed by atoms with Crippen LogP contribution < -0.4 is 15.0 Å². The molecule has 1 aliphatic rings. The predicted octanol–water partition coefficient (Wildman–Crippen LogP) is 1.99. The van der Waals surface area contributed by atoms with Gasteiger partial charge in [-0.15, -0.1) is 0 Å². The summed E-state index contributed by atoms with van der Waals surface area (Å²) in [5.41, 5.74) is 1.49. The average molecular weight is 378 g/mol. The van der Waals surface area contributed by atoms with E-state index in [2.05, 4.69) is 35.8 Å². The Hall–Kier alpha value is -2.55. The first-order valence-corrected chi connectivity index (χ1v) is 9.01. The monoisotopic (exact) mass is 378 g/mol. The summed E-state index contributed by atoms with van der Waals surface area (Å²) in [5.74, 6) is -0.315. The molecule has 0 spiro atoms. The highest BCUT2D eigenvalue weighted by atomic mass is 32.1. The van der Waals surface area contributed by atoms with E-state index in [0.717, 1.165) is 15.0 Å². The SMILES string of the molecule is CNC(=O)[C@H]1CN(c2ccc3c(c2)sc(=NOC)n3C(C)(C)C)C(=O)O1. The Morgan fingerprint density at radius 2 is 2.15 bits per heavy atom. The van der Waals surface area contributed by atoms with Crippen LogP contribution in [0.5, 0.6) is 0 Å². The lowest BCUT2D eigenvalue weighted by Gasteiger charge is -2.22. The molecule has 3 rings (SSSR count). The van der Waals surface area contributed by atoms with Gasteiger partial charge in [-0.05, 0) is 39.0 Å². The van der Waals surface area contributed by atoms with Crippen molar-refractivity contribution in [1.82, 2.24) is 9.88 Å². The third-order valence-electron chi connectivity index (χ3n) is 4.08. The van der Waals surface area contributed by atoms with Crippen molar-refractivity contribution in [3.8, 4) is 0 Å². The first-order chi connectivity index (χ1) is 12.3. The highest BCUT2D eigenvalue weighted by molar-refractivity contribution is 7.16. The van der Waals surface area contributed by atoms with E-state index in [9.17, 15) is 9.59 Å². The van der Waals surface area contributed by atoms with Gasteiger partial charge in [0.05, 0.1) is 16.8 Å². The molecule has 0 bridgehead atoms. The van der Waals surface area contributed by atoms with Gasteiger partial charge in [0, 0.05) is 18.3 Å². The van der Waals surface area contributed by atoms with Gasteiger partial charge in [0.25, 0.3) is 5.91 Å². The standard InChI is InChI=1S/C17H22N4O4S/c1-17(2,3)21-11-7-6-10(8-13(11)26-15(21)19-24-5)20-9-12(14(22)18-4)25-16(20)23/h6-8,12H,9H2,1-5H3,(H,18,22)/t12-/m1/s1. The third kappa shape index (κ3) is 3.14. The minimum Gasteiger partial charge on any atom is -0.434 e. The summed E-state index contributed by atoms with van der Waals surface area (Å²) in [6.07, 6.45) is -1.33. The van der Waals surface area contributed by atoms with Gasteiger partial charge in [-0.25, -0.2) is 4.79 Å². The fourth-order valence-electron chi connectivity index (χ4n) is 2.94. The second-order valence-corrected chi connectivity index (χ2v) is 7.92. The first kappa shape index (κ1) is 18.2. The van der Waals surface area contributed by atoms with E-state index in [1.54, 1.807) is 0 Å². The molecule has 0 saturated carbocycles. The fraction of sp³-hybridized carbons (Fsp3) is 0.471. The van der Waals surface area contributed by atoms with Crippen LogP contribution in [0.4, 0.5) is 10.5 Å². The van der Waals surface area contributed by atoms with Crippen LogP contribution in [0.1, 0.15) is 20.8 Å². The largest absolute Gasteiger partial charge is 0.434 e. The van der Waals surface area contributed by atoms with E-state index in [4.69, 9.17) is 9.57 Å². The maximum atomic E-state index is 12.2. The molecule has 0 radical (unpaired) electrons. The maximum absolute atomic E-state index is 12.2. The molecule has 1 saturated heterocycles. The van der Waals surface area contributed by atoms with Gasteiger partial charge in [0.15, 0.2) is 6.10 Å². The second kappa shape index (κ2) is 6.64. The highest BCUT2D eigenvalue weighted by Crippen LogP contribution is 2.30. The summed E-state index contributed by atoms with van der Waals surface area (Å²) in [7, 11) is 3.03. The highest BCUT2D eigenvalue weighted by Gasteiger charge is 2.36. The van der Waals surface area contributed by atoms with Gasteiger partial charge in [-0.2, -0.15) is 0 Å². The number of anilines is 1. The average Bonchev–Trinajstić information content (AvgIpc) is 3.13. The number of hydrogen-bond donors (Lipinski definition) is 1. The minimum absolute atomic E-state index is 0.184. The molecule has 2 heterocycles. The van der Waals surface area contributed by atoms with Crippen molar-refractivity contribution in [2.45, 2.75) is 32.4 Å². The predicted molar refractivity (Wildman–Crippen MR) is 99.1 cm³/mol. The quantitative estimate of drug-likeness (QED) is 0.828. The summed E-state index contributed by atoms with van der Waals surface area (Å²) >= 11 is 1.47. The molecule has 1 aliphatic heterocycles. The van der Waals surface area contributed by atoms with Crippen molar-refractivity contribution < 1.29 is 19.2 Å². The number of nitrogens with zero attached hydrogens (tertiary/aromatic N) is 3. The summed E-state index contributed by atoms with van der Waals surface area (Å²) in [4.78, 5) is 31.1. The molecule has 1 fully saturated rings. The number of fused-ring (bicyclic) bond motifs is 1. The molecule has 0 unspecified atom stereocenters. The number of ether oxygens (including phenoxy) is 1. The first-order valence-electron chi connectivity index (χ1n) is 8.19. The number of benzene rings is 1. The summed E-state index contributed by atoms with van der Waals surface area (Å²) < 4.78 is 8.21. The van der Waals surface area contributed by atoms with Crippen LogP contribution in [0, 0.1) is 0 Å². The van der Waals surface area contributed by atoms with Crippen molar-refractivity contribution in [2.75, 3.05) is 25.6 Å². The van der Waals surface area contributed by atoms with E-state index in [-0.39, 0.29) is 18.0 Å². The number of likely N-dealkylation sites (N-methyl/N-ethyl adjacent to an activating group) is 1. The third-order valence-corrected chi connectivity index (χ3v) is 5.07. The molecule has 1 N–H and O–H groups in total. The topological polar surface area (TPSA) is 85.2 Å². The Kier molecular flexibility index (Phi) is 4.66. The van der Waals surface area contributed by atoms with E-state index in [1.807, 2.05) is 18.2 Å². The second-order valence-electron chi connectivity index (χ2n) is 6.91. The van der Waals surface area contributed by atoms with Crippen molar-refractivity contribution in [1.29, 1.82) is 0 Å². The van der Waals surface area contributed by atoms with E-state index < -0.39 is 12.2 Å². The summed E-state index contributed by atoms with van der Waals surface area (Å²) in [6, 6.07) is 5.70. The zero-order chi connectivity index (χ0) is 19.1. The van der Waals surface area contributed by atoms with Crippen LogP contribution >= 0.6 is 11.3 Å². The number of aromatic nitrogens is 1. The summed E-state index contributed by atoms with van der Waals surface area (Å²) in [6.45, 7) is 6.46. The Morgan fingerprint density at radius 1 is 1.42 bits per heavy atom. The van der Waals surface area contributed by atoms with Crippen LogP contribution in [0.3, 0.4) is 0 Å². The number of thiazole rings is 1. The van der Waals surface area contributed by atoms with E-state index in [0.29, 0.717) is 5.69 Å². The van der Waals surface area contributed by atoms with Gasteiger partial charge in [0.2, 0.25) is 4.80 Å². The van der Waals surface area contributed by atoms with Gasteiger partial charge in [-0.1, -0.05) is 16.5 Å². The number of carbonyl (C=O) groups excluding carboxylic acids is 2. The number of nitrogens with one attached hydrogen (secondary N) is 1. The Bertz CT molecular complexity index is 925. The van der Waals surface area contributed by atoms with Crippen molar-refractivity contribution in [2.24, 2.45) is 5.16 Å². The molecular formula is C17H22N4O4S. The molecule has 9 heteroatoms. The smallest absolute Gasteiger partial charge is 0.415 e. The Morgan fingerprint density at radius 3 is 2.77 bits per heavy atom. The molecule has 8 nitrogen and oxygen atoms in total. The van der Waals surface area contributed by atoms with Crippen LogP contribution in [-0.4, -0.2) is 43.4 Å². The molecule has 0 aliphatic carbocycles. The van der Waals surface area contributed by atoms with E-state index in [1.165, 1.54) is 30.4 Å². The van der Waals surface area contributed by atoms with Gasteiger partial charge in [0.1, 0.15) is 7.11 Å². The number of rotatable bonds is 3. The van der Waals surface area contributed by atoms with Crippen LogP contribution in [0.25, 0.3) is 10.2 Å². The van der Waals surface area contributed by atoms with Crippen LogP contribution in [0.2, 0.25) is 0 Å². The number of hydrogen-bond acceptors (Lipinski definition) is 6. The van der Waals surface area contributed by atoms with Gasteiger partial charge in [-0.3, -0.25) is 9.69 Å². The lowest BCUT2D eigenvalue weighted by molar-refractivity contribution is -0.127. The molecule has 2 amide bonds. The molecule has 26 heavy (non-hydrogen) atoms. The number of amides is 2. The van der Waals surface area contributed by atoms with Crippen molar-refractivity contribution in [3.05, 3.63) is 23.0 Å². The molecule has 1 aromatic heterocycles. The van der Waals surface area contributed by atoms with Crippen LogP contribution in [-0.2, 0) is 19.9 Å². The lowest BCUT2D eigenvalue weighted by atomic mass is 10.1. The zero-order valence-electron chi connectivity index (χ0n) is 15.4. The minimum atomic E-state index is -0.801. The molecular weight excluding hydrogens is 356 g/mol. The molecule has 140 valence electrons. The van der Waals surface area contributed by atoms with Gasteiger partial charge < -0.3 is 19.5 Å². The number of cyclic esters (lactones) is 1. The molecule has 1 atom stereocenters. The van der Waals surface area contributed by atoms with Gasteiger partial charge >= 0.3 is 6.09 Å². The Labute approximate surface area is 155 Å². The fourth-order valence-corrected chi connectivity index (χ4v) is 4.16. The van der Waals surface area contributed by atoms with Crippen molar-refractivity contribution >= 4 is 39.2 Å². The maximum Gasteiger partial charge on any atom is 0.415 e. The summed E-state index contributed by atoms with van der Waals surface area (Å²) in [5, 5.41) is 6.62. The molecule has 1 aromatic carbocycles. The van der Waals surface area contributed by atoms with E-state index >= 15 is 0 Å². The lowest BCUT2D eigenvalue weighted by Crippen LogP contribution is -2.35. The van der Waals surface area contributed by atoms with Crippen molar-refractivity contribution in [3.63, 3.8) is 0 Å². The van der Waals surface area contributed by atoms with Crippen LogP contribution in [0.15, 0.2) is 23.4 Å². The Balaban J connectivity index is 2.05. The number of carbonyl (C=O) groups is 2. The normalized spacial score (nSPS) is 18.3.